The number of rotatable bonds is 4. The minimum Gasteiger partial charge on any atom is -0.451 e. The van der Waals surface area contributed by atoms with Crippen molar-refractivity contribution in [1.29, 1.82) is 0 Å². The molecule has 0 radical (unpaired) electrons. The van der Waals surface area contributed by atoms with Gasteiger partial charge in [-0.3, -0.25) is 4.79 Å². The molecule has 0 unspecified atom stereocenters. The maximum absolute atomic E-state index is 12.0. The van der Waals surface area contributed by atoms with E-state index in [1.807, 2.05) is 19.0 Å². The lowest BCUT2D eigenvalue weighted by Gasteiger charge is -2.05. The first-order valence-electron chi connectivity index (χ1n) is 6.05. The fraction of sp³-hybridized carbons (Fsp3) is 0.385. The summed E-state index contributed by atoms with van der Waals surface area (Å²) in [6.45, 7) is 4.80. The van der Waals surface area contributed by atoms with Gasteiger partial charge < -0.3 is 13.9 Å². The van der Waals surface area contributed by atoms with Gasteiger partial charge in [0.25, 0.3) is 0 Å². The van der Waals surface area contributed by atoms with Gasteiger partial charge in [0.05, 0.1) is 0 Å². The van der Waals surface area contributed by atoms with Gasteiger partial charge in [-0.2, -0.15) is 0 Å². The molecule has 0 aromatic carbocycles. The lowest BCUT2D eigenvalue weighted by Crippen LogP contribution is -2.07. The normalized spacial score (nSPS) is 11.7. The molecule has 5 nitrogen and oxygen atoms in total. The van der Waals surface area contributed by atoms with Crippen LogP contribution in [0.1, 0.15) is 16.6 Å². The van der Waals surface area contributed by atoms with Crippen LogP contribution in [0, 0.1) is 0 Å². The third-order valence-corrected chi connectivity index (χ3v) is 5.30. The summed E-state index contributed by atoms with van der Waals surface area (Å²) in [5.41, 5.74) is 0.965. The molecule has 0 amide bonds. The van der Waals surface area contributed by atoms with Crippen LogP contribution in [0.5, 0.6) is 0 Å². The van der Waals surface area contributed by atoms with Gasteiger partial charge in [-0.15, -0.1) is 0 Å². The smallest absolute Gasteiger partial charge is 0.186 e. The van der Waals surface area contributed by atoms with Crippen molar-refractivity contribution in [3.8, 4) is 11.5 Å². The van der Waals surface area contributed by atoms with E-state index in [2.05, 4.69) is 4.98 Å². The van der Waals surface area contributed by atoms with Gasteiger partial charge in [0, 0.05) is 21.0 Å². The summed E-state index contributed by atoms with van der Waals surface area (Å²) in [7, 11) is 1.28. The number of carbonyl (C=O) groups is 1. The van der Waals surface area contributed by atoms with Crippen molar-refractivity contribution in [3.05, 3.63) is 17.0 Å². The second kappa shape index (κ2) is 5.19. The van der Waals surface area contributed by atoms with Gasteiger partial charge in [0.15, 0.2) is 22.2 Å². The van der Waals surface area contributed by atoms with Gasteiger partial charge in [0.2, 0.25) is 0 Å². The quantitative estimate of drug-likeness (QED) is 0.641. The standard InChI is InChI=1S/C13H17N2O3PS/c1-8(16)12-11(14-13(20-12)15(2)3)9-6-7-10(18-9)19(4,5)17/h6-7H,1-5H3. The molecule has 0 spiro atoms. The Labute approximate surface area is 122 Å². The Morgan fingerprint density at radius 1 is 1.35 bits per heavy atom. The Balaban J connectivity index is 2.54. The van der Waals surface area contributed by atoms with Crippen LogP contribution in [0.25, 0.3) is 11.5 Å². The first-order chi connectivity index (χ1) is 9.20. The Morgan fingerprint density at radius 3 is 2.45 bits per heavy atom. The predicted molar refractivity (Wildman–Crippen MR) is 83.2 cm³/mol. The first kappa shape index (κ1) is 15.0. The van der Waals surface area contributed by atoms with Crippen molar-refractivity contribution in [1.82, 2.24) is 4.98 Å². The van der Waals surface area contributed by atoms with Crippen LogP contribution in [0.15, 0.2) is 16.5 Å². The summed E-state index contributed by atoms with van der Waals surface area (Å²) in [4.78, 5) is 18.6. The van der Waals surface area contributed by atoms with Crippen LogP contribution >= 0.6 is 18.5 Å². The lowest BCUT2D eigenvalue weighted by molar-refractivity contribution is 0.102. The molecule has 0 fully saturated rings. The Kier molecular flexibility index (Phi) is 3.89. The number of aromatic nitrogens is 1. The molecule has 2 rings (SSSR count). The molecule has 2 aromatic rings. The molecule has 0 N–H and O–H groups in total. The summed E-state index contributed by atoms with van der Waals surface area (Å²) >= 11 is 1.32. The zero-order valence-corrected chi connectivity index (χ0v) is 13.8. The van der Waals surface area contributed by atoms with E-state index >= 15 is 0 Å². The van der Waals surface area contributed by atoms with Crippen molar-refractivity contribution in [3.63, 3.8) is 0 Å². The van der Waals surface area contributed by atoms with Crippen LogP contribution in [-0.4, -0.2) is 38.2 Å². The van der Waals surface area contributed by atoms with Crippen LogP contribution in [0.2, 0.25) is 0 Å². The first-order valence-corrected chi connectivity index (χ1v) is 9.46. The van der Waals surface area contributed by atoms with Crippen molar-refractivity contribution in [2.24, 2.45) is 0 Å². The van der Waals surface area contributed by atoms with Crippen molar-refractivity contribution < 1.29 is 13.8 Å². The molecule has 0 aliphatic heterocycles. The van der Waals surface area contributed by atoms with E-state index in [1.54, 1.807) is 25.5 Å². The number of Topliss-reactive ketones (excluding diaryl/α,β-unsaturated/α-hetero) is 1. The zero-order chi connectivity index (χ0) is 15.1. The fourth-order valence-electron chi connectivity index (χ4n) is 1.65. The predicted octanol–water partition coefficient (Wildman–Crippen LogP) is 2.92. The molecule has 0 bridgehead atoms. The molecular formula is C13H17N2O3PS. The molecule has 0 atom stereocenters. The molecule has 0 saturated carbocycles. The second-order valence-electron chi connectivity index (χ2n) is 5.11. The number of thiazole rings is 1. The van der Waals surface area contributed by atoms with E-state index in [1.165, 1.54) is 18.3 Å². The second-order valence-corrected chi connectivity index (χ2v) is 9.23. The Bertz CT molecular complexity index is 696. The number of hydrogen-bond acceptors (Lipinski definition) is 6. The third kappa shape index (κ3) is 2.86. The minimum atomic E-state index is -2.46. The van der Waals surface area contributed by atoms with Crippen molar-refractivity contribution in [2.45, 2.75) is 6.92 Å². The van der Waals surface area contributed by atoms with Crippen LogP contribution < -0.4 is 10.4 Å². The van der Waals surface area contributed by atoms with Crippen LogP contribution in [-0.2, 0) is 4.57 Å². The van der Waals surface area contributed by atoms with E-state index in [9.17, 15) is 9.36 Å². The largest absolute Gasteiger partial charge is 0.451 e. The maximum Gasteiger partial charge on any atom is 0.186 e. The van der Waals surface area contributed by atoms with E-state index in [4.69, 9.17) is 4.42 Å². The highest BCUT2D eigenvalue weighted by Gasteiger charge is 2.22. The summed E-state index contributed by atoms with van der Waals surface area (Å²) in [5.74, 6) is 0.429. The SMILES string of the molecule is CC(=O)c1sc(N(C)C)nc1-c1ccc(P(C)(C)=O)o1. The number of ketones is 1. The highest BCUT2D eigenvalue weighted by Crippen LogP contribution is 2.38. The van der Waals surface area contributed by atoms with Crippen molar-refractivity contribution in [2.75, 3.05) is 32.3 Å². The monoisotopic (exact) mass is 312 g/mol. The summed E-state index contributed by atoms with van der Waals surface area (Å²) in [6.07, 6.45) is 0. The molecule has 7 heteroatoms. The number of carbonyl (C=O) groups excluding carboxylic acids is 1. The van der Waals surface area contributed by atoms with Crippen molar-refractivity contribution >= 4 is 34.9 Å². The minimum absolute atomic E-state index is 0.0558. The van der Waals surface area contributed by atoms with Gasteiger partial charge in [-0.1, -0.05) is 11.3 Å². The summed E-state index contributed by atoms with van der Waals surface area (Å²) in [5, 5.41) is 0.735. The number of nitrogens with zero attached hydrogens (tertiary/aromatic N) is 2. The molecule has 0 aliphatic carbocycles. The van der Waals surface area contributed by atoms with Gasteiger partial charge in [0.1, 0.15) is 17.7 Å². The topological polar surface area (TPSA) is 63.4 Å². The number of anilines is 1. The summed E-state index contributed by atoms with van der Waals surface area (Å²) < 4.78 is 17.6. The Morgan fingerprint density at radius 2 is 2.00 bits per heavy atom. The highest BCUT2D eigenvalue weighted by atomic mass is 32.1. The van der Waals surface area contributed by atoms with Gasteiger partial charge in [-0.05, 0) is 25.5 Å². The van der Waals surface area contributed by atoms with E-state index < -0.39 is 7.14 Å². The van der Waals surface area contributed by atoms with E-state index in [0.29, 0.717) is 21.8 Å². The zero-order valence-electron chi connectivity index (χ0n) is 12.1. The number of furan rings is 1. The molecule has 20 heavy (non-hydrogen) atoms. The van der Waals surface area contributed by atoms with E-state index in [0.717, 1.165) is 5.13 Å². The summed E-state index contributed by atoms with van der Waals surface area (Å²) in [6, 6.07) is 3.41. The molecule has 0 saturated heterocycles. The average molecular weight is 312 g/mol. The average Bonchev–Trinajstić information content (AvgIpc) is 2.94. The molecule has 108 valence electrons. The Hall–Kier alpha value is -1.39. The van der Waals surface area contributed by atoms with E-state index in [-0.39, 0.29) is 5.78 Å². The third-order valence-electron chi connectivity index (χ3n) is 2.67. The molecule has 2 aromatic heterocycles. The van der Waals surface area contributed by atoms with Crippen LogP contribution in [0.4, 0.5) is 5.13 Å². The molecule has 2 heterocycles. The van der Waals surface area contributed by atoms with Gasteiger partial charge >= 0.3 is 0 Å². The maximum atomic E-state index is 12.0. The highest BCUT2D eigenvalue weighted by molar-refractivity contribution is 7.69. The molecular weight excluding hydrogens is 295 g/mol. The number of hydrogen-bond donors (Lipinski definition) is 0. The van der Waals surface area contributed by atoms with Crippen LogP contribution in [0.3, 0.4) is 0 Å². The lowest BCUT2D eigenvalue weighted by atomic mass is 10.2. The van der Waals surface area contributed by atoms with Gasteiger partial charge in [-0.25, -0.2) is 4.98 Å². The fourth-order valence-corrected chi connectivity index (χ4v) is 3.29. The molecule has 0 aliphatic rings.